The van der Waals surface area contributed by atoms with Crippen LogP contribution in [0.3, 0.4) is 0 Å². The molecule has 1 atom stereocenters. The fraction of sp³-hybridized carbons (Fsp3) is 0.294. The second-order valence-corrected chi connectivity index (χ2v) is 6.12. The molecule has 1 unspecified atom stereocenters. The van der Waals surface area contributed by atoms with Crippen molar-refractivity contribution >= 4 is 23.2 Å². The molecule has 0 heterocycles. The molecule has 0 aliphatic rings. The van der Waals surface area contributed by atoms with Gasteiger partial charge in [0.05, 0.1) is 0 Å². The van der Waals surface area contributed by atoms with Crippen LogP contribution in [0.25, 0.3) is 0 Å². The second-order valence-electron chi connectivity index (χ2n) is 5.31. The Kier molecular flexibility index (Phi) is 6.07. The molecule has 4 heteroatoms. The Morgan fingerprint density at radius 2 is 1.57 bits per heavy atom. The maximum atomic E-state index is 6.23. The summed E-state index contributed by atoms with van der Waals surface area (Å²) in [4.78, 5) is 2.17. The van der Waals surface area contributed by atoms with E-state index in [1.807, 2.05) is 24.3 Å². The minimum Gasteiger partial charge on any atom is -0.308 e. The molecular weight excluding hydrogens is 303 g/mol. The number of nitrogens with one attached hydrogen (secondary N) is 1. The summed E-state index contributed by atoms with van der Waals surface area (Å²) in [6.07, 6.45) is 0. The van der Waals surface area contributed by atoms with Gasteiger partial charge >= 0.3 is 0 Å². The third kappa shape index (κ3) is 4.72. The van der Waals surface area contributed by atoms with E-state index in [1.165, 1.54) is 5.56 Å². The van der Waals surface area contributed by atoms with Crippen LogP contribution in [0.5, 0.6) is 0 Å². The van der Waals surface area contributed by atoms with Crippen molar-refractivity contribution in [2.24, 2.45) is 0 Å². The number of hydrogen-bond acceptors (Lipinski definition) is 2. The van der Waals surface area contributed by atoms with Gasteiger partial charge in [-0.2, -0.15) is 0 Å². The van der Waals surface area contributed by atoms with Crippen LogP contribution in [-0.4, -0.2) is 25.5 Å². The van der Waals surface area contributed by atoms with Crippen molar-refractivity contribution in [3.05, 3.63) is 69.7 Å². The van der Waals surface area contributed by atoms with Crippen LogP contribution in [0.4, 0.5) is 0 Å². The van der Waals surface area contributed by atoms with Crippen molar-refractivity contribution in [3.8, 4) is 0 Å². The summed E-state index contributed by atoms with van der Waals surface area (Å²) in [5, 5.41) is 4.96. The standard InChI is InChI=1S/C17H20Cl2N2/c1-21(2)12-17(13-7-4-3-5-8-13)20-11-14-15(18)9-6-10-16(14)19/h3-10,17,20H,11-12H2,1-2H3. The molecule has 0 saturated carbocycles. The van der Waals surface area contributed by atoms with Gasteiger partial charge in [-0.1, -0.05) is 59.6 Å². The highest BCUT2D eigenvalue weighted by atomic mass is 35.5. The van der Waals surface area contributed by atoms with Gasteiger partial charge in [-0.05, 0) is 31.8 Å². The normalized spacial score (nSPS) is 12.6. The van der Waals surface area contributed by atoms with Gasteiger partial charge in [0.15, 0.2) is 0 Å². The molecule has 0 fully saturated rings. The van der Waals surface area contributed by atoms with Crippen LogP contribution in [-0.2, 0) is 6.54 Å². The Morgan fingerprint density at radius 3 is 2.14 bits per heavy atom. The molecule has 21 heavy (non-hydrogen) atoms. The molecular formula is C17H20Cl2N2. The Bertz CT molecular complexity index is 550. The molecule has 0 saturated heterocycles. The van der Waals surface area contributed by atoms with Crippen molar-refractivity contribution < 1.29 is 0 Å². The maximum absolute atomic E-state index is 6.23. The van der Waals surface area contributed by atoms with Crippen molar-refractivity contribution in [3.63, 3.8) is 0 Å². The van der Waals surface area contributed by atoms with Crippen LogP contribution in [0.15, 0.2) is 48.5 Å². The van der Waals surface area contributed by atoms with E-state index >= 15 is 0 Å². The molecule has 112 valence electrons. The highest BCUT2D eigenvalue weighted by Crippen LogP contribution is 2.25. The van der Waals surface area contributed by atoms with Gasteiger partial charge in [-0.15, -0.1) is 0 Å². The zero-order valence-electron chi connectivity index (χ0n) is 12.3. The maximum Gasteiger partial charge on any atom is 0.0465 e. The first-order chi connectivity index (χ1) is 10.1. The summed E-state index contributed by atoms with van der Waals surface area (Å²) in [6.45, 7) is 1.55. The first-order valence-corrected chi connectivity index (χ1v) is 7.69. The minimum absolute atomic E-state index is 0.230. The van der Waals surface area contributed by atoms with E-state index in [9.17, 15) is 0 Å². The van der Waals surface area contributed by atoms with Gasteiger partial charge < -0.3 is 10.2 Å². The Balaban J connectivity index is 2.13. The van der Waals surface area contributed by atoms with E-state index in [1.54, 1.807) is 0 Å². The molecule has 0 radical (unpaired) electrons. The zero-order chi connectivity index (χ0) is 15.2. The van der Waals surface area contributed by atoms with Crippen LogP contribution >= 0.6 is 23.2 Å². The lowest BCUT2D eigenvalue weighted by Gasteiger charge is -2.23. The summed E-state index contributed by atoms with van der Waals surface area (Å²) in [5.41, 5.74) is 2.20. The number of hydrogen-bond donors (Lipinski definition) is 1. The molecule has 2 aromatic rings. The highest BCUT2D eigenvalue weighted by Gasteiger charge is 2.13. The molecule has 2 nitrogen and oxygen atoms in total. The number of likely N-dealkylation sites (N-methyl/N-ethyl adjacent to an activating group) is 1. The summed E-state index contributed by atoms with van der Waals surface area (Å²) in [7, 11) is 4.14. The molecule has 0 aliphatic carbocycles. The smallest absolute Gasteiger partial charge is 0.0465 e. The summed E-state index contributed by atoms with van der Waals surface area (Å²) < 4.78 is 0. The van der Waals surface area contributed by atoms with E-state index in [4.69, 9.17) is 23.2 Å². The van der Waals surface area contributed by atoms with E-state index in [0.717, 1.165) is 12.1 Å². The lowest BCUT2D eigenvalue weighted by Crippen LogP contribution is -2.31. The number of halogens is 2. The molecule has 1 N–H and O–H groups in total. The van der Waals surface area contributed by atoms with Crippen molar-refractivity contribution in [1.29, 1.82) is 0 Å². The largest absolute Gasteiger partial charge is 0.308 e. The molecule has 0 spiro atoms. The second kappa shape index (κ2) is 7.81. The monoisotopic (exact) mass is 322 g/mol. The van der Waals surface area contributed by atoms with Gasteiger partial charge in [0.25, 0.3) is 0 Å². The molecule has 2 aromatic carbocycles. The van der Waals surface area contributed by atoms with Crippen LogP contribution in [0.2, 0.25) is 10.0 Å². The predicted octanol–water partition coefficient (Wildman–Crippen LogP) is 4.39. The average molecular weight is 323 g/mol. The molecule has 0 bridgehead atoms. The van der Waals surface area contributed by atoms with E-state index < -0.39 is 0 Å². The minimum atomic E-state index is 0.230. The zero-order valence-corrected chi connectivity index (χ0v) is 13.8. The van der Waals surface area contributed by atoms with E-state index in [2.05, 4.69) is 48.6 Å². The van der Waals surface area contributed by atoms with Gasteiger partial charge in [0, 0.05) is 34.7 Å². The van der Waals surface area contributed by atoms with E-state index in [-0.39, 0.29) is 6.04 Å². The quantitative estimate of drug-likeness (QED) is 0.848. The van der Waals surface area contributed by atoms with Crippen LogP contribution in [0, 0.1) is 0 Å². The van der Waals surface area contributed by atoms with Crippen molar-refractivity contribution in [2.75, 3.05) is 20.6 Å². The molecule has 0 amide bonds. The molecule has 2 rings (SSSR count). The molecule has 0 aliphatic heterocycles. The number of benzene rings is 2. The Hall–Kier alpha value is -1.06. The summed E-state index contributed by atoms with van der Waals surface area (Å²) in [6, 6.07) is 16.2. The van der Waals surface area contributed by atoms with Crippen molar-refractivity contribution in [2.45, 2.75) is 12.6 Å². The summed E-state index contributed by atoms with van der Waals surface area (Å²) in [5.74, 6) is 0. The summed E-state index contributed by atoms with van der Waals surface area (Å²) >= 11 is 12.5. The third-order valence-corrected chi connectivity index (χ3v) is 4.04. The first kappa shape index (κ1) is 16.3. The van der Waals surface area contributed by atoms with E-state index in [0.29, 0.717) is 16.6 Å². The van der Waals surface area contributed by atoms with Gasteiger partial charge in [0.2, 0.25) is 0 Å². The first-order valence-electron chi connectivity index (χ1n) is 6.94. The van der Waals surface area contributed by atoms with Crippen molar-refractivity contribution in [1.82, 2.24) is 10.2 Å². The Labute approximate surface area is 136 Å². The third-order valence-electron chi connectivity index (χ3n) is 3.34. The van der Waals surface area contributed by atoms with Crippen LogP contribution in [0.1, 0.15) is 17.2 Å². The fourth-order valence-corrected chi connectivity index (χ4v) is 2.80. The highest BCUT2D eigenvalue weighted by molar-refractivity contribution is 6.35. The SMILES string of the molecule is CN(C)CC(NCc1c(Cl)cccc1Cl)c1ccccc1. The number of nitrogens with zero attached hydrogens (tertiary/aromatic N) is 1. The van der Waals surface area contributed by atoms with Gasteiger partial charge in [0.1, 0.15) is 0 Å². The average Bonchev–Trinajstić information content (AvgIpc) is 2.46. The fourth-order valence-electron chi connectivity index (χ4n) is 2.26. The van der Waals surface area contributed by atoms with Gasteiger partial charge in [-0.25, -0.2) is 0 Å². The molecule has 0 aromatic heterocycles. The van der Waals surface area contributed by atoms with Gasteiger partial charge in [-0.3, -0.25) is 0 Å². The Morgan fingerprint density at radius 1 is 0.952 bits per heavy atom. The number of rotatable bonds is 6. The lowest BCUT2D eigenvalue weighted by molar-refractivity contribution is 0.340. The van der Waals surface area contributed by atoms with Crippen LogP contribution < -0.4 is 5.32 Å². The predicted molar refractivity (Wildman–Crippen MR) is 91.0 cm³/mol. The lowest BCUT2D eigenvalue weighted by atomic mass is 10.1. The topological polar surface area (TPSA) is 15.3 Å².